The molecule has 3 amide bonds. The van der Waals surface area contributed by atoms with Gasteiger partial charge in [0.1, 0.15) is 11.7 Å². The highest BCUT2D eigenvalue weighted by Gasteiger charge is 2.36. The fraction of sp³-hybridized carbons (Fsp3) is 0.0952. The van der Waals surface area contributed by atoms with Crippen molar-refractivity contribution in [3.8, 4) is 0 Å². The summed E-state index contributed by atoms with van der Waals surface area (Å²) < 4.78 is 57.6. The number of primary amides is 1. The van der Waals surface area contributed by atoms with Crippen LogP contribution in [0.25, 0.3) is 0 Å². The number of amidine groups is 1. The van der Waals surface area contributed by atoms with E-state index in [9.17, 15) is 27.2 Å². The second-order valence-corrected chi connectivity index (χ2v) is 7.15. The Balaban J connectivity index is 1.50. The van der Waals surface area contributed by atoms with Gasteiger partial charge in [0.05, 0.1) is 23.1 Å². The van der Waals surface area contributed by atoms with Gasteiger partial charge < -0.3 is 26.1 Å². The molecule has 0 spiro atoms. The van der Waals surface area contributed by atoms with Crippen molar-refractivity contribution in [2.45, 2.75) is 12.3 Å². The second-order valence-electron chi connectivity index (χ2n) is 7.15. The predicted molar refractivity (Wildman–Crippen MR) is 115 cm³/mol. The molecule has 176 valence electrons. The molecule has 2 aromatic carbocycles. The maximum atomic E-state index is 13.9. The van der Waals surface area contributed by atoms with E-state index in [1.54, 1.807) is 6.07 Å². The van der Waals surface area contributed by atoms with Crippen LogP contribution in [0.4, 0.5) is 45.3 Å². The Bertz CT molecular complexity index is 1270. The number of alkyl halides is 3. The number of furan rings is 1. The highest BCUT2D eigenvalue weighted by Crippen LogP contribution is 2.33. The van der Waals surface area contributed by atoms with Crippen molar-refractivity contribution in [2.24, 2.45) is 5.73 Å². The van der Waals surface area contributed by atoms with E-state index < -0.39 is 41.3 Å². The number of hydrogen-bond donors (Lipinski definition) is 5. The predicted octanol–water partition coefficient (Wildman–Crippen LogP) is 4.15. The number of urea groups is 1. The highest BCUT2D eigenvalue weighted by molar-refractivity contribution is 6.16. The zero-order valence-corrected chi connectivity index (χ0v) is 17.0. The zero-order chi connectivity index (χ0) is 24.6. The van der Waals surface area contributed by atoms with Crippen LogP contribution in [0.1, 0.15) is 11.1 Å². The van der Waals surface area contributed by atoms with Crippen LogP contribution in [0.2, 0.25) is 0 Å². The van der Waals surface area contributed by atoms with Gasteiger partial charge in [0.15, 0.2) is 6.17 Å². The van der Waals surface area contributed by atoms with E-state index in [1.807, 2.05) is 5.32 Å². The molecule has 34 heavy (non-hydrogen) atoms. The smallest absolute Gasteiger partial charge is 0.416 e. The van der Waals surface area contributed by atoms with E-state index in [-0.39, 0.29) is 17.4 Å². The fourth-order valence-electron chi connectivity index (χ4n) is 3.32. The Hall–Kier alpha value is -4.55. The maximum absolute atomic E-state index is 13.9. The van der Waals surface area contributed by atoms with Gasteiger partial charge in [-0.1, -0.05) is 0 Å². The van der Waals surface area contributed by atoms with Gasteiger partial charge in [0.2, 0.25) is 5.88 Å². The molecular weight excluding hydrogens is 460 g/mol. The fourth-order valence-corrected chi connectivity index (χ4v) is 3.32. The summed E-state index contributed by atoms with van der Waals surface area (Å²) in [6.07, 6.45) is -4.46. The first-order valence-corrected chi connectivity index (χ1v) is 9.61. The lowest BCUT2D eigenvalue weighted by molar-refractivity contribution is -0.137. The number of halogens is 4. The molecule has 3 aromatic rings. The largest absolute Gasteiger partial charge is 0.448 e. The lowest BCUT2D eigenvalue weighted by Gasteiger charge is -2.35. The van der Waals surface area contributed by atoms with E-state index in [0.29, 0.717) is 29.4 Å². The first kappa shape index (κ1) is 22.6. The molecule has 0 bridgehead atoms. The van der Waals surface area contributed by atoms with E-state index in [4.69, 9.17) is 15.6 Å². The molecule has 1 atom stereocenters. The third-order valence-corrected chi connectivity index (χ3v) is 4.90. The monoisotopic (exact) mass is 476 g/mol. The van der Waals surface area contributed by atoms with Crippen LogP contribution in [0, 0.1) is 11.2 Å². The summed E-state index contributed by atoms with van der Waals surface area (Å²) in [5.41, 5.74) is 4.69. The van der Waals surface area contributed by atoms with Crippen molar-refractivity contribution in [1.29, 1.82) is 5.41 Å². The molecule has 2 heterocycles. The van der Waals surface area contributed by atoms with E-state index >= 15 is 0 Å². The number of nitrogens with zero attached hydrogens (tertiary/aromatic N) is 1. The minimum Gasteiger partial charge on any atom is -0.448 e. The third kappa shape index (κ3) is 4.35. The van der Waals surface area contributed by atoms with Gasteiger partial charge in [-0.3, -0.25) is 15.1 Å². The number of hydrogen-bond acceptors (Lipinski definition) is 5. The molecule has 0 saturated carbocycles. The normalized spacial score (nSPS) is 15.4. The summed E-state index contributed by atoms with van der Waals surface area (Å²) in [5, 5.41) is 15.6. The zero-order valence-electron chi connectivity index (χ0n) is 17.0. The number of nitrogens with one attached hydrogen (secondary N) is 4. The van der Waals surface area contributed by atoms with Gasteiger partial charge in [-0.15, -0.1) is 0 Å². The quantitative estimate of drug-likeness (QED) is 0.361. The van der Waals surface area contributed by atoms with Gasteiger partial charge in [-0.05, 0) is 48.5 Å². The highest BCUT2D eigenvalue weighted by atomic mass is 19.4. The maximum Gasteiger partial charge on any atom is 0.416 e. The number of carbonyl (C=O) groups is 2. The van der Waals surface area contributed by atoms with Gasteiger partial charge >= 0.3 is 12.2 Å². The standard InChI is InChI=1S/C21H16F4N6O3/c22-14-6-1-10(21(23,24)25)9-15(14)29-20(33)28-11-2-4-12(5-3-11)31-16(26)13-7-8-34-19(13)30-18(31)17(27)32/h1-9,18,26,30H,(H2,27,32)(H2,28,29,33). The number of amides is 3. The summed E-state index contributed by atoms with van der Waals surface area (Å²) >= 11 is 0. The van der Waals surface area contributed by atoms with Crippen LogP contribution in [-0.2, 0) is 11.0 Å². The van der Waals surface area contributed by atoms with E-state index in [0.717, 1.165) is 0 Å². The number of nitrogens with two attached hydrogens (primary N) is 1. The molecule has 0 radical (unpaired) electrons. The molecule has 0 aliphatic carbocycles. The van der Waals surface area contributed by atoms with Crippen LogP contribution in [0.3, 0.4) is 0 Å². The number of anilines is 4. The summed E-state index contributed by atoms with van der Waals surface area (Å²) in [4.78, 5) is 25.4. The first-order valence-electron chi connectivity index (χ1n) is 9.61. The van der Waals surface area contributed by atoms with E-state index in [1.165, 1.54) is 35.4 Å². The molecular formula is C21H16F4N6O3. The van der Waals surface area contributed by atoms with Gasteiger partial charge in [-0.2, -0.15) is 13.2 Å². The Morgan fingerprint density at radius 3 is 2.44 bits per heavy atom. The summed E-state index contributed by atoms with van der Waals surface area (Å²) in [7, 11) is 0. The molecule has 9 nitrogen and oxygen atoms in total. The Morgan fingerprint density at radius 2 is 1.79 bits per heavy atom. The van der Waals surface area contributed by atoms with Gasteiger partial charge in [0.25, 0.3) is 5.91 Å². The molecule has 1 aliphatic heterocycles. The van der Waals surface area contributed by atoms with Crippen LogP contribution in [0.5, 0.6) is 0 Å². The Kier molecular flexibility index (Phi) is 5.61. The average Bonchev–Trinajstić information content (AvgIpc) is 3.24. The summed E-state index contributed by atoms with van der Waals surface area (Å²) in [5.74, 6) is -1.63. The van der Waals surface area contributed by atoms with Crippen molar-refractivity contribution in [1.82, 2.24) is 0 Å². The number of carbonyl (C=O) groups excluding carboxylic acids is 2. The number of rotatable bonds is 4. The van der Waals surface area contributed by atoms with Gasteiger partial charge in [-0.25, -0.2) is 9.18 Å². The number of fused-ring (bicyclic) bond motifs is 1. The second kappa shape index (κ2) is 8.42. The topological polar surface area (TPSA) is 136 Å². The van der Waals surface area contributed by atoms with Crippen molar-refractivity contribution in [3.63, 3.8) is 0 Å². The SMILES string of the molecule is N=C1c2ccoc2NC(C(N)=O)N1c1ccc(NC(=O)Nc2cc(C(F)(F)F)ccc2F)cc1. The van der Waals surface area contributed by atoms with E-state index in [2.05, 4.69) is 10.6 Å². The first-order chi connectivity index (χ1) is 16.0. The van der Waals surface area contributed by atoms with Crippen LogP contribution < -0.4 is 26.6 Å². The van der Waals surface area contributed by atoms with Crippen molar-refractivity contribution >= 4 is 40.7 Å². The average molecular weight is 476 g/mol. The van der Waals surface area contributed by atoms with Crippen molar-refractivity contribution in [3.05, 3.63) is 71.7 Å². The molecule has 6 N–H and O–H groups in total. The Morgan fingerprint density at radius 1 is 1.09 bits per heavy atom. The van der Waals surface area contributed by atoms with Crippen LogP contribution in [0.15, 0.2) is 59.2 Å². The molecule has 1 aromatic heterocycles. The minimum absolute atomic E-state index is 0.0511. The van der Waals surface area contributed by atoms with Gasteiger partial charge in [0, 0.05) is 11.4 Å². The summed E-state index contributed by atoms with van der Waals surface area (Å²) in [6, 6.07) is 8.04. The Labute approximate surface area is 189 Å². The van der Waals surface area contributed by atoms with Crippen LogP contribution in [-0.4, -0.2) is 23.9 Å². The molecule has 13 heteroatoms. The lowest BCUT2D eigenvalue weighted by atomic mass is 10.1. The van der Waals surface area contributed by atoms with Crippen LogP contribution >= 0.6 is 0 Å². The molecule has 1 aliphatic rings. The summed E-state index contributed by atoms with van der Waals surface area (Å²) in [6.45, 7) is 0. The third-order valence-electron chi connectivity index (χ3n) is 4.90. The molecule has 0 saturated heterocycles. The lowest BCUT2D eigenvalue weighted by Crippen LogP contribution is -2.55. The molecule has 4 rings (SSSR count). The number of benzene rings is 2. The molecule has 0 fully saturated rings. The van der Waals surface area contributed by atoms with Crippen molar-refractivity contribution in [2.75, 3.05) is 20.9 Å². The minimum atomic E-state index is -4.70. The molecule has 1 unspecified atom stereocenters. The van der Waals surface area contributed by atoms with Crippen molar-refractivity contribution < 1.29 is 31.6 Å².